The van der Waals surface area contributed by atoms with Gasteiger partial charge in [-0.15, -0.1) is 0 Å². The molecule has 6 heteroatoms. The summed E-state index contributed by atoms with van der Waals surface area (Å²) < 4.78 is 0. The highest BCUT2D eigenvalue weighted by molar-refractivity contribution is 7.99. The molecule has 1 heterocycles. The van der Waals surface area contributed by atoms with Crippen molar-refractivity contribution in [3.8, 4) is 0 Å². The third kappa shape index (κ3) is 2.81. The van der Waals surface area contributed by atoms with Gasteiger partial charge in [-0.25, -0.2) is 4.79 Å². The van der Waals surface area contributed by atoms with Gasteiger partial charge in [0.05, 0.1) is 0 Å². The predicted octanol–water partition coefficient (Wildman–Crippen LogP) is 0.723. The van der Waals surface area contributed by atoms with Gasteiger partial charge in [0.15, 0.2) is 0 Å². The van der Waals surface area contributed by atoms with E-state index in [4.69, 9.17) is 5.11 Å². The second-order valence-corrected chi connectivity index (χ2v) is 4.93. The summed E-state index contributed by atoms with van der Waals surface area (Å²) in [6.07, 6.45) is 2.96. The Labute approximate surface area is 98.8 Å². The van der Waals surface area contributed by atoms with Gasteiger partial charge in [0.25, 0.3) is 0 Å². The number of carbonyl (C=O) groups excluding carboxylic acids is 1. The number of hydrogen-bond donors (Lipinski definition) is 2. The van der Waals surface area contributed by atoms with Crippen LogP contribution in [-0.2, 0) is 9.59 Å². The van der Waals surface area contributed by atoms with E-state index >= 15 is 0 Å². The summed E-state index contributed by atoms with van der Waals surface area (Å²) in [5.74, 6) is -0.542. The van der Waals surface area contributed by atoms with Crippen molar-refractivity contribution in [1.82, 2.24) is 4.90 Å². The lowest BCUT2D eigenvalue weighted by molar-refractivity contribution is -0.147. The molecule has 15 heavy (non-hydrogen) atoms. The van der Waals surface area contributed by atoms with Crippen LogP contribution in [0.15, 0.2) is 0 Å². The minimum atomic E-state index is -0.903. The van der Waals surface area contributed by atoms with Gasteiger partial charge in [0, 0.05) is 18.2 Å². The summed E-state index contributed by atoms with van der Waals surface area (Å²) in [5, 5.41) is 9.10. The highest BCUT2D eigenvalue weighted by Crippen LogP contribution is 2.28. The van der Waals surface area contributed by atoms with E-state index in [0.717, 1.165) is 6.42 Å². The number of likely N-dealkylation sites (tertiary alicyclic amines) is 1. The van der Waals surface area contributed by atoms with Crippen LogP contribution in [0.5, 0.6) is 0 Å². The summed E-state index contributed by atoms with van der Waals surface area (Å²) >= 11 is 5.49. The molecular formula is C9H15NO3S2. The molecule has 0 aromatic carbocycles. The number of carboxylic acids is 1. The molecule has 0 unspecified atom stereocenters. The summed E-state index contributed by atoms with van der Waals surface area (Å²) in [7, 11) is 0. The van der Waals surface area contributed by atoms with E-state index in [1.807, 2.05) is 6.26 Å². The molecule has 1 amide bonds. The molecule has 1 rings (SSSR count). The number of carboxylic acid groups (broad SMARTS) is 1. The Morgan fingerprint density at radius 1 is 1.60 bits per heavy atom. The van der Waals surface area contributed by atoms with Gasteiger partial charge in [-0.05, 0) is 18.4 Å². The Bertz CT molecular complexity index is 260. The van der Waals surface area contributed by atoms with Crippen LogP contribution in [0.2, 0.25) is 0 Å². The predicted molar refractivity (Wildman–Crippen MR) is 63.5 cm³/mol. The van der Waals surface area contributed by atoms with Crippen molar-refractivity contribution >= 4 is 36.3 Å². The van der Waals surface area contributed by atoms with Gasteiger partial charge < -0.3 is 10.0 Å². The summed E-state index contributed by atoms with van der Waals surface area (Å²) in [6, 6.07) is -0.660. The first-order valence-electron chi connectivity index (χ1n) is 4.77. The molecule has 1 N–H and O–H groups in total. The zero-order valence-corrected chi connectivity index (χ0v) is 10.3. The van der Waals surface area contributed by atoms with Gasteiger partial charge in [0.1, 0.15) is 6.04 Å². The molecule has 4 nitrogen and oxygen atoms in total. The van der Waals surface area contributed by atoms with E-state index in [0.29, 0.717) is 18.7 Å². The van der Waals surface area contributed by atoms with E-state index < -0.39 is 12.0 Å². The Morgan fingerprint density at radius 2 is 2.27 bits per heavy atom. The molecule has 0 aliphatic carbocycles. The normalized spacial score (nSPS) is 25.6. The number of rotatable bonds is 4. The van der Waals surface area contributed by atoms with Crippen molar-refractivity contribution in [2.75, 3.05) is 18.6 Å². The number of amides is 1. The SMILES string of the molecule is CS[C@@H]1CCN(C(=O)CCS)[C@H]1C(=O)O. The molecule has 1 fully saturated rings. The minimum absolute atomic E-state index is 0.0198. The quantitative estimate of drug-likeness (QED) is 0.721. The minimum Gasteiger partial charge on any atom is -0.480 e. The lowest BCUT2D eigenvalue weighted by atomic mass is 10.2. The standard InChI is InChI=1S/C9H15NO3S2/c1-15-6-2-4-10(7(11)3-5-14)8(6)9(12)13/h6,8,14H,2-5H2,1H3,(H,12,13)/t6-,8-/m1/s1. The summed E-state index contributed by atoms with van der Waals surface area (Å²) in [5.41, 5.74) is 0. The largest absolute Gasteiger partial charge is 0.480 e. The fourth-order valence-electron chi connectivity index (χ4n) is 1.82. The lowest BCUT2D eigenvalue weighted by Crippen LogP contribution is -2.44. The number of carbonyl (C=O) groups is 2. The van der Waals surface area contributed by atoms with Gasteiger partial charge in [0.2, 0.25) is 5.91 Å². The van der Waals surface area contributed by atoms with Crippen molar-refractivity contribution in [3.63, 3.8) is 0 Å². The second-order valence-electron chi connectivity index (χ2n) is 3.41. The summed E-state index contributed by atoms with van der Waals surface area (Å²) in [6.45, 7) is 0.551. The Hall–Kier alpha value is -0.360. The van der Waals surface area contributed by atoms with Crippen molar-refractivity contribution in [2.24, 2.45) is 0 Å². The van der Waals surface area contributed by atoms with Crippen LogP contribution in [0.3, 0.4) is 0 Å². The molecular weight excluding hydrogens is 234 g/mol. The first kappa shape index (κ1) is 12.7. The molecule has 0 saturated carbocycles. The fourth-order valence-corrected chi connectivity index (χ4v) is 2.88. The molecule has 2 atom stereocenters. The number of hydrogen-bond acceptors (Lipinski definition) is 4. The smallest absolute Gasteiger partial charge is 0.327 e. The van der Waals surface area contributed by atoms with E-state index in [2.05, 4.69) is 12.6 Å². The molecule has 0 spiro atoms. The van der Waals surface area contributed by atoms with Crippen molar-refractivity contribution < 1.29 is 14.7 Å². The van der Waals surface area contributed by atoms with Crippen LogP contribution in [0, 0.1) is 0 Å². The molecule has 86 valence electrons. The summed E-state index contributed by atoms with van der Waals surface area (Å²) in [4.78, 5) is 24.2. The van der Waals surface area contributed by atoms with E-state index in [1.165, 1.54) is 16.7 Å². The van der Waals surface area contributed by atoms with E-state index in [-0.39, 0.29) is 11.2 Å². The monoisotopic (exact) mass is 249 g/mol. The molecule has 1 saturated heterocycles. The second kappa shape index (κ2) is 5.65. The molecule has 0 aromatic heterocycles. The third-order valence-electron chi connectivity index (χ3n) is 2.54. The number of thiol groups is 1. The van der Waals surface area contributed by atoms with Crippen molar-refractivity contribution in [1.29, 1.82) is 0 Å². The van der Waals surface area contributed by atoms with Crippen LogP contribution < -0.4 is 0 Å². The maximum atomic E-state index is 11.6. The lowest BCUT2D eigenvalue weighted by Gasteiger charge is -2.23. The Balaban J connectivity index is 2.72. The van der Waals surface area contributed by atoms with Gasteiger partial charge in [-0.2, -0.15) is 24.4 Å². The molecule has 0 aromatic rings. The third-order valence-corrected chi connectivity index (χ3v) is 3.87. The Kier molecular flexibility index (Phi) is 4.79. The zero-order valence-electron chi connectivity index (χ0n) is 8.55. The van der Waals surface area contributed by atoms with Crippen LogP contribution in [0.25, 0.3) is 0 Å². The zero-order chi connectivity index (χ0) is 11.4. The van der Waals surface area contributed by atoms with Crippen molar-refractivity contribution in [2.45, 2.75) is 24.1 Å². The van der Waals surface area contributed by atoms with Crippen LogP contribution >= 0.6 is 24.4 Å². The number of nitrogens with zero attached hydrogens (tertiary/aromatic N) is 1. The average molecular weight is 249 g/mol. The molecule has 1 aliphatic heterocycles. The fraction of sp³-hybridized carbons (Fsp3) is 0.778. The first-order chi connectivity index (χ1) is 7.11. The molecule has 1 aliphatic rings. The first-order valence-corrected chi connectivity index (χ1v) is 6.69. The van der Waals surface area contributed by atoms with Gasteiger partial charge >= 0.3 is 5.97 Å². The van der Waals surface area contributed by atoms with Gasteiger partial charge in [-0.3, -0.25) is 4.79 Å². The van der Waals surface area contributed by atoms with Crippen LogP contribution in [0.4, 0.5) is 0 Å². The highest BCUT2D eigenvalue weighted by atomic mass is 32.2. The molecule has 0 radical (unpaired) electrons. The number of aliphatic carboxylic acids is 1. The van der Waals surface area contributed by atoms with Crippen LogP contribution in [0.1, 0.15) is 12.8 Å². The maximum absolute atomic E-state index is 11.6. The maximum Gasteiger partial charge on any atom is 0.327 e. The van der Waals surface area contributed by atoms with E-state index in [9.17, 15) is 9.59 Å². The van der Waals surface area contributed by atoms with Crippen molar-refractivity contribution in [3.05, 3.63) is 0 Å². The average Bonchev–Trinajstić information content (AvgIpc) is 2.61. The molecule has 0 bridgehead atoms. The number of thioether (sulfide) groups is 1. The van der Waals surface area contributed by atoms with E-state index in [1.54, 1.807) is 0 Å². The Morgan fingerprint density at radius 3 is 2.73 bits per heavy atom. The van der Waals surface area contributed by atoms with Crippen LogP contribution in [-0.4, -0.2) is 51.7 Å². The van der Waals surface area contributed by atoms with Gasteiger partial charge in [-0.1, -0.05) is 0 Å². The topological polar surface area (TPSA) is 57.6 Å². The highest BCUT2D eigenvalue weighted by Gasteiger charge is 2.40.